The Morgan fingerprint density at radius 2 is 1.69 bits per heavy atom. The number of piperazine rings is 1. The third kappa shape index (κ3) is 3.31. The zero-order chi connectivity index (χ0) is 17.9. The number of aryl methyl sites for hydroxylation is 1. The first-order valence-electron chi connectivity index (χ1n) is 9.10. The highest BCUT2D eigenvalue weighted by molar-refractivity contribution is 5.93. The van der Waals surface area contributed by atoms with Crippen molar-refractivity contribution in [3.05, 3.63) is 36.2 Å². The monoisotopic (exact) mass is 353 g/mol. The van der Waals surface area contributed by atoms with Gasteiger partial charge < -0.3 is 14.7 Å². The maximum absolute atomic E-state index is 12.8. The molecule has 0 atom stereocenters. The SMILES string of the molecule is Cc1cncnc1N1CCN(C(=O)c2cc(N3CCCC3)ncn2)CC1. The summed E-state index contributed by atoms with van der Waals surface area (Å²) in [6.45, 7) is 6.84. The maximum Gasteiger partial charge on any atom is 0.272 e. The van der Waals surface area contributed by atoms with Crippen molar-refractivity contribution in [1.82, 2.24) is 24.8 Å². The average Bonchev–Trinajstić information content (AvgIpc) is 3.23. The Balaban J connectivity index is 1.42. The lowest BCUT2D eigenvalue weighted by atomic mass is 10.2. The van der Waals surface area contributed by atoms with Crippen LogP contribution < -0.4 is 9.80 Å². The van der Waals surface area contributed by atoms with Crippen molar-refractivity contribution >= 4 is 17.5 Å². The fourth-order valence-electron chi connectivity index (χ4n) is 3.59. The van der Waals surface area contributed by atoms with E-state index in [9.17, 15) is 4.79 Å². The number of amides is 1. The van der Waals surface area contributed by atoms with Crippen LogP contribution in [0.4, 0.5) is 11.6 Å². The minimum atomic E-state index is -0.0214. The summed E-state index contributed by atoms with van der Waals surface area (Å²) >= 11 is 0. The summed E-state index contributed by atoms with van der Waals surface area (Å²) in [4.78, 5) is 36.1. The molecule has 2 aliphatic heterocycles. The van der Waals surface area contributed by atoms with Gasteiger partial charge in [-0.15, -0.1) is 0 Å². The molecule has 4 heterocycles. The molecule has 4 rings (SSSR count). The number of hydrogen-bond donors (Lipinski definition) is 0. The standard InChI is InChI=1S/C18H23N7O/c1-14-11-19-12-22-17(14)24-6-8-25(9-7-24)18(26)15-10-16(21-13-20-15)23-4-2-3-5-23/h10-13H,2-9H2,1H3. The summed E-state index contributed by atoms with van der Waals surface area (Å²) in [5, 5.41) is 0. The number of nitrogens with zero attached hydrogens (tertiary/aromatic N) is 7. The van der Waals surface area contributed by atoms with Crippen LogP contribution in [-0.4, -0.2) is 70.0 Å². The second-order valence-electron chi connectivity index (χ2n) is 6.76. The Kier molecular flexibility index (Phi) is 4.64. The highest BCUT2D eigenvalue weighted by Gasteiger charge is 2.25. The first-order valence-corrected chi connectivity index (χ1v) is 9.10. The van der Waals surface area contributed by atoms with Crippen LogP contribution in [-0.2, 0) is 0 Å². The van der Waals surface area contributed by atoms with Crippen molar-refractivity contribution in [1.29, 1.82) is 0 Å². The van der Waals surface area contributed by atoms with Crippen molar-refractivity contribution in [2.24, 2.45) is 0 Å². The van der Waals surface area contributed by atoms with E-state index in [0.29, 0.717) is 18.8 Å². The van der Waals surface area contributed by atoms with E-state index >= 15 is 0 Å². The van der Waals surface area contributed by atoms with Gasteiger partial charge in [0.15, 0.2) is 0 Å². The van der Waals surface area contributed by atoms with Crippen molar-refractivity contribution in [2.45, 2.75) is 19.8 Å². The molecule has 0 spiro atoms. The summed E-state index contributed by atoms with van der Waals surface area (Å²) in [5.74, 6) is 1.79. The van der Waals surface area contributed by atoms with Gasteiger partial charge in [-0.3, -0.25) is 4.79 Å². The van der Waals surface area contributed by atoms with Gasteiger partial charge in [0.2, 0.25) is 0 Å². The molecule has 26 heavy (non-hydrogen) atoms. The summed E-state index contributed by atoms with van der Waals surface area (Å²) < 4.78 is 0. The van der Waals surface area contributed by atoms with Crippen molar-refractivity contribution < 1.29 is 4.79 Å². The smallest absolute Gasteiger partial charge is 0.272 e. The Morgan fingerprint density at radius 1 is 0.923 bits per heavy atom. The van der Waals surface area contributed by atoms with Gasteiger partial charge in [0.1, 0.15) is 30.0 Å². The van der Waals surface area contributed by atoms with Crippen LogP contribution >= 0.6 is 0 Å². The summed E-state index contributed by atoms with van der Waals surface area (Å²) in [6.07, 6.45) is 7.25. The van der Waals surface area contributed by atoms with Crippen LogP contribution in [0.2, 0.25) is 0 Å². The van der Waals surface area contributed by atoms with Gasteiger partial charge >= 0.3 is 0 Å². The predicted octanol–water partition coefficient (Wildman–Crippen LogP) is 1.14. The van der Waals surface area contributed by atoms with E-state index in [1.165, 1.54) is 19.2 Å². The molecule has 0 aliphatic carbocycles. The first-order chi connectivity index (χ1) is 12.7. The minimum absolute atomic E-state index is 0.0214. The van der Waals surface area contributed by atoms with Crippen LogP contribution in [0.25, 0.3) is 0 Å². The molecule has 2 aliphatic rings. The Bertz CT molecular complexity index is 783. The zero-order valence-corrected chi connectivity index (χ0v) is 15.0. The first kappa shape index (κ1) is 16.7. The largest absolute Gasteiger partial charge is 0.357 e. The van der Waals surface area contributed by atoms with E-state index in [2.05, 4.69) is 29.7 Å². The Morgan fingerprint density at radius 3 is 2.42 bits per heavy atom. The molecule has 0 saturated carbocycles. The van der Waals surface area contributed by atoms with E-state index < -0.39 is 0 Å². The predicted molar refractivity (Wildman–Crippen MR) is 98.4 cm³/mol. The van der Waals surface area contributed by atoms with E-state index in [1.807, 2.05) is 24.1 Å². The molecule has 0 bridgehead atoms. The number of aromatic nitrogens is 4. The number of rotatable bonds is 3. The third-order valence-electron chi connectivity index (χ3n) is 5.04. The van der Waals surface area contributed by atoms with Gasteiger partial charge in [-0.25, -0.2) is 19.9 Å². The summed E-state index contributed by atoms with van der Waals surface area (Å²) in [6, 6.07) is 1.83. The third-order valence-corrected chi connectivity index (χ3v) is 5.04. The van der Waals surface area contributed by atoms with Gasteiger partial charge in [-0.2, -0.15) is 0 Å². The average molecular weight is 353 g/mol. The maximum atomic E-state index is 12.8. The molecular weight excluding hydrogens is 330 g/mol. The molecule has 8 heteroatoms. The molecule has 136 valence electrons. The minimum Gasteiger partial charge on any atom is -0.357 e. The number of hydrogen-bond acceptors (Lipinski definition) is 7. The fourth-order valence-corrected chi connectivity index (χ4v) is 3.59. The lowest BCUT2D eigenvalue weighted by Gasteiger charge is -2.35. The van der Waals surface area contributed by atoms with Crippen LogP contribution in [0, 0.1) is 6.92 Å². The number of anilines is 2. The van der Waals surface area contributed by atoms with Gasteiger partial charge in [-0.05, 0) is 19.8 Å². The highest BCUT2D eigenvalue weighted by atomic mass is 16.2. The van der Waals surface area contributed by atoms with E-state index in [0.717, 1.165) is 43.4 Å². The molecule has 2 fully saturated rings. The number of carbonyl (C=O) groups excluding carboxylic acids is 1. The highest BCUT2D eigenvalue weighted by Crippen LogP contribution is 2.20. The zero-order valence-electron chi connectivity index (χ0n) is 15.0. The summed E-state index contributed by atoms with van der Waals surface area (Å²) in [7, 11) is 0. The summed E-state index contributed by atoms with van der Waals surface area (Å²) in [5.41, 5.74) is 1.53. The lowest BCUT2D eigenvalue weighted by molar-refractivity contribution is 0.0740. The lowest BCUT2D eigenvalue weighted by Crippen LogP contribution is -2.49. The molecule has 1 amide bonds. The molecule has 0 unspecified atom stereocenters. The van der Waals surface area contributed by atoms with Crippen LogP contribution in [0.1, 0.15) is 28.9 Å². The molecule has 0 aromatic carbocycles. The molecule has 2 aromatic rings. The fraction of sp³-hybridized carbons (Fsp3) is 0.500. The molecule has 2 saturated heterocycles. The molecule has 0 N–H and O–H groups in total. The van der Waals surface area contributed by atoms with Crippen molar-refractivity contribution in [3.63, 3.8) is 0 Å². The Hall–Kier alpha value is -2.77. The van der Waals surface area contributed by atoms with Gasteiger partial charge in [-0.1, -0.05) is 0 Å². The number of carbonyl (C=O) groups is 1. The van der Waals surface area contributed by atoms with Crippen LogP contribution in [0.15, 0.2) is 24.9 Å². The quantitative estimate of drug-likeness (QED) is 0.819. The molecule has 2 aromatic heterocycles. The second-order valence-corrected chi connectivity index (χ2v) is 6.76. The second kappa shape index (κ2) is 7.23. The molecule has 0 radical (unpaired) electrons. The van der Waals surface area contributed by atoms with Crippen LogP contribution in [0.3, 0.4) is 0 Å². The Labute approximate surface area is 152 Å². The van der Waals surface area contributed by atoms with Gasteiger partial charge in [0.25, 0.3) is 5.91 Å². The molecule has 8 nitrogen and oxygen atoms in total. The van der Waals surface area contributed by atoms with E-state index in [4.69, 9.17) is 0 Å². The van der Waals surface area contributed by atoms with Crippen molar-refractivity contribution in [3.8, 4) is 0 Å². The molecular formula is C18H23N7O. The van der Waals surface area contributed by atoms with E-state index in [-0.39, 0.29) is 5.91 Å². The topological polar surface area (TPSA) is 78.4 Å². The van der Waals surface area contributed by atoms with Crippen molar-refractivity contribution in [2.75, 3.05) is 49.1 Å². The van der Waals surface area contributed by atoms with E-state index in [1.54, 1.807) is 6.33 Å². The van der Waals surface area contributed by atoms with Gasteiger partial charge in [0.05, 0.1) is 0 Å². The normalized spacial score (nSPS) is 17.7. The van der Waals surface area contributed by atoms with Crippen LogP contribution in [0.5, 0.6) is 0 Å². The van der Waals surface area contributed by atoms with Gasteiger partial charge in [0, 0.05) is 57.1 Å².